The molecule has 0 spiro atoms. The van der Waals surface area contributed by atoms with E-state index in [9.17, 15) is 73.7 Å². The molecule has 0 amide bonds. The van der Waals surface area contributed by atoms with E-state index in [0.717, 1.165) is 16.4 Å². The van der Waals surface area contributed by atoms with Gasteiger partial charge in [0.25, 0.3) is 0 Å². The minimum atomic E-state index is -3.44. The number of thioether (sulfide) groups is 4. The van der Waals surface area contributed by atoms with Crippen LogP contribution in [0.5, 0.6) is 0 Å². The number of halogens is 4. The lowest BCUT2D eigenvalue weighted by Gasteiger charge is -2.17. The van der Waals surface area contributed by atoms with Crippen LogP contribution in [0.25, 0.3) is 44.7 Å². The van der Waals surface area contributed by atoms with Crippen LogP contribution in [0.15, 0.2) is 93.1 Å². The third kappa shape index (κ3) is 23.8. The number of aliphatic hydroxyl groups is 12. The van der Waals surface area contributed by atoms with E-state index >= 15 is 0 Å². The van der Waals surface area contributed by atoms with E-state index in [4.69, 9.17) is 67.9 Å². The van der Waals surface area contributed by atoms with Crippen molar-refractivity contribution in [2.75, 3.05) is 96.8 Å². The highest BCUT2D eigenvalue weighted by atomic mass is 32.2. The highest BCUT2D eigenvalue weighted by molar-refractivity contribution is 7.99. The van der Waals surface area contributed by atoms with Gasteiger partial charge in [0, 0.05) is 107 Å². The zero-order valence-electron chi connectivity index (χ0n) is 110. The molecule has 8 aliphatic rings. The zero-order chi connectivity index (χ0) is 130. The van der Waals surface area contributed by atoms with Crippen molar-refractivity contribution in [3.63, 3.8) is 0 Å². The fraction of sp³-hybridized carbons (Fsp3) is 0.583. The van der Waals surface area contributed by atoms with Crippen molar-refractivity contribution >= 4 is 115 Å². The smallest absolute Gasteiger partial charge is 0.191 e. The van der Waals surface area contributed by atoms with Crippen LogP contribution in [-0.4, -0.2) is 334 Å². The third-order valence-corrected chi connectivity index (χ3v) is 27.7. The summed E-state index contributed by atoms with van der Waals surface area (Å²) in [5.41, 5.74) is -7.98. The molecule has 12 aromatic rings. The Kier molecular flexibility index (Phi) is 23.7. The number of rotatable bonds is 40. The number of fused-ring (bicyclic) bond motifs is 4. The third-order valence-electron chi connectivity index (χ3n) is 24.5. The first-order valence-electron chi connectivity index (χ1n) is 61.8. The maximum atomic E-state index is 14.7. The Labute approximate surface area is 888 Å². The Bertz CT molecular complexity index is 8140. The molecule has 144 heavy (non-hydrogen) atoms. The molecule has 48 heteroatoms. The number of aliphatic hydroxyl groups excluding tert-OH is 10. The summed E-state index contributed by atoms with van der Waals surface area (Å²) in [7, 11) is 0. The predicted octanol–water partition coefficient (Wildman–Crippen LogP) is 8.73. The van der Waals surface area contributed by atoms with Gasteiger partial charge in [-0.3, -0.25) is 0 Å². The Morgan fingerprint density at radius 3 is 0.847 bits per heavy atom. The SMILES string of the molecule is [2H]c1c([2H])c([C@@H]2C[C@@]2([2H])Nc2nc(SC([2H])([2H])CC)nc3c2nnn3[C@@H]2C[C@H](OC([2H])([2H])C([2H])([2H])O)[C@@H](O)[C@H]2O)c([2H])c(F)c1C.[2H]c1c([2H])c([C@@H]2C[C@@]2([2H])Nc2nc(SC([2H])([2H])CC)nc3c2nnn3[C@@H]2C[C@H](OC([2H])([2H])CO)[C@@H](O)[C@H]2O)c([2H])c(F)c1C.[2H]c1c([2H])c([C@@H]2C[C@@]2([2H])Nc2nc(SC([2H])([2H])CC)nc3c2nnn3[C@@H]2C[C@H](OCC([2H])([2H])O)[C@@H](O)[C@H]2O)c([2H])c(F)c1C.[2H]c1c([2H])c([C@@H]2C[C@@]2([2H])Nc2nc(SC([2H])([2H])CC)nc3c2nnn3[C@@H]2C[C@H](OCCO)[C@@H](O)[C@H]2O)c([2H])c(F)c1C. The van der Waals surface area contributed by atoms with Crippen LogP contribution >= 0.6 is 47.0 Å². The molecule has 8 fully saturated rings. The number of nitrogens with one attached hydrogen (secondary N) is 4. The minimum absolute atomic E-state index is 0.00249. The van der Waals surface area contributed by atoms with Crippen molar-refractivity contribution in [3.8, 4) is 0 Å². The summed E-state index contributed by atoms with van der Waals surface area (Å²) in [5.74, 6) is -7.34. The highest BCUT2D eigenvalue weighted by Crippen LogP contribution is 2.50. The van der Waals surface area contributed by atoms with E-state index in [-0.39, 0.29) is 266 Å². The first-order valence-corrected chi connectivity index (χ1v) is 49.1. The summed E-state index contributed by atoms with van der Waals surface area (Å²) in [5, 5.41) is 167. The largest absolute Gasteiger partial charge is 0.394 e. The molecule has 0 unspecified atom stereocenters. The second-order valence-electron chi connectivity index (χ2n) is 34.3. The van der Waals surface area contributed by atoms with Gasteiger partial charge in [0.05, 0.1) is 134 Å². The van der Waals surface area contributed by atoms with Crippen molar-refractivity contribution in [3.05, 3.63) is 140 Å². The van der Waals surface area contributed by atoms with Crippen molar-refractivity contribution in [2.24, 2.45) is 0 Å². The molecule has 8 saturated carbocycles. The quantitative estimate of drug-likeness (QED) is 0.00969. The normalized spacial score (nSPS) is 33.7. The van der Waals surface area contributed by atoms with Crippen LogP contribution < -0.4 is 21.3 Å². The molecule has 20 rings (SSSR count). The van der Waals surface area contributed by atoms with Gasteiger partial charge in [-0.2, -0.15) is 0 Å². The standard InChI is InChI=1S/4C24H31FN6O4S/c4*1-3-8-36-24-27-22(26-16-10-14(16)13-5-4-12(2)15(25)9-13)19-23(28-24)31(30-29-19)17-11-18(35-7-6-32)21(34)20(17)33/h4*4-5,9,14,16-18,20-21,32-34H,3,6-8,10-11H2,1-2H3,(H,26,27,28)/t4*14-,16+,17+,18-,20-,21+/m0000/s1/i4D,5D,6D2,7D2,8D2,9D,16D;4D,5D,7D2,8D2,9D,16D;4D,5D,6D2,8D2,9D,16D;4D,5D,8D2,9D,16D. The van der Waals surface area contributed by atoms with Gasteiger partial charge in [-0.05, 0) is 148 Å². The Morgan fingerprint density at radius 1 is 0.347 bits per heavy atom. The maximum absolute atomic E-state index is 14.7. The summed E-state index contributed by atoms with van der Waals surface area (Å²) in [4.78, 5) is 35.1. The Morgan fingerprint density at radius 2 is 0.604 bits per heavy atom. The summed E-state index contributed by atoms with van der Waals surface area (Å²) < 4.78 is 344. The van der Waals surface area contributed by atoms with E-state index in [1.54, 1.807) is 27.7 Å². The summed E-state index contributed by atoms with van der Waals surface area (Å²) in [6.07, 6.45) is -16.5. The molecule has 24 atom stereocenters. The molecule has 40 nitrogen and oxygen atoms in total. The number of anilines is 4. The van der Waals surface area contributed by atoms with Crippen molar-refractivity contribution in [1.29, 1.82) is 0 Å². The Hall–Kier alpha value is -9.52. The van der Waals surface area contributed by atoms with Crippen molar-refractivity contribution in [2.45, 2.75) is 298 Å². The molecular weight excluding hydrogens is 1950 g/mol. The Balaban J connectivity index is 0.000000155. The summed E-state index contributed by atoms with van der Waals surface area (Å²) in [6.45, 7) is -2.13. The zero-order valence-corrected chi connectivity index (χ0v) is 81.2. The van der Waals surface area contributed by atoms with Gasteiger partial charge < -0.3 is 101 Å². The monoisotopic (exact) mass is 2110 g/mol. The van der Waals surface area contributed by atoms with Crippen LogP contribution in [0.4, 0.5) is 40.8 Å². The minimum Gasteiger partial charge on any atom is -0.394 e. The number of hydrogen-bond donors (Lipinski definition) is 16. The number of benzene rings is 4. The molecular formula is C96H124F4N24O16S4. The molecule has 0 saturated heterocycles. The molecule has 776 valence electrons. The van der Waals surface area contributed by atoms with Gasteiger partial charge in [0.1, 0.15) is 72.1 Å². The van der Waals surface area contributed by atoms with Gasteiger partial charge in [-0.15, -0.1) is 20.4 Å². The van der Waals surface area contributed by atoms with Crippen LogP contribution in [0.1, 0.15) is 241 Å². The number of aromatic nitrogens is 20. The van der Waals surface area contributed by atoms with E-state index in [0.29, 0.717) is 35.3 Å². The highest BCUT2D eigenvalue weighted by Gasteiger charge is 2.51. The van der Waals surface area contributed by atoms with Gasteiger partial charge >= 0.3 is 0 Å². The van der Waals surface area contributed by atoms with E-state index in [1.165, 1.54) is 41.7 Å². The molecule has 0 radical (unpaired) electrons. The molecule has 8 heterocycles. The summed E-state index contributed by atoms with van der Waals surface area (Å²) >= 11 is 2.77. The molecule has 0 bridgehead atoms. The van der Waals surface area contributed by atoms with E-state index in [1.807, 2.05) is 0 Å². The second-order valence-corrected chi connectivity index (χ2v) is 37.7. The molecule has 8 aromatic heterocycles. The average Bonchev–Trinajstić information content (AvgIpc) is 1.57. The number of ether oxygens (including phenoxy) is 4. The van der Waals surface area contributed by atoms with Crippen molar-refractivity contribution in [1.82, 2.24) is 99.8 Å². The average molecular weight is 2110 g/mol. The van der Waals surface area contributed by atoms with Crippen LogP contribution in [0, 0.1) is 51.0 Å². The predicted molar refractivity (Wildman–Crippen MR) is 530 cm³/mol. The molecule has 4 aromatic carbocycles. The van der Waals surface area contributed by atoms with E-state index in [2.05, 4.69) is 102 Å². The summed E-state index contributed by atoms with van der Waals surface area (Å²) in [6, 6.07) is -15.5. The molecule has 16 N–H and O–H groups in total. The molecule has 0 aliphatic heterocycles. The van der Waals surface area contributed by atoms with Gasteiger partial charge in [-0.1, -0.05) is 144 Å². The van der Waals surface area contributed by atoms with Crippen LogP contribution in [0.2, 0.25) is 0 Å². The lowest BCUT2D eigenvalue weighted by molar-refractivity contribution is -0.0629. The van der Waals surface area contributed by atoms with Crippen LogP contribution in [0.3, 0.4) is 0 Å². The van der Waals surface area contributed by atoms with Gasteiger partial charge in [0.2, 0.25) is 0 Å². The first-order chi connectivity index (χ1) is 81.6. The van der Waals surface area contributed by atoms with Gasteiger partial charge in [0.15, 0.2) is 88.6 Å². The second kappa shape index (κ2) is 47.3. The topological polar surface area (TPSA) is 554 Å². The fourth-order valence-corrected chi connectivity index (χ4v) is 18.8. The number of nitrogens with zero attached hydrogens (tertiary/aromatic N) is 20. The fourth-order valence-electron chi connectivity index (χ4n) is 16.7. The van der Waals surface area contributed by atoms with Crippen LogP contribution in [-0.2, 0) is 18.9 Å². The maximum Gasteiger partial charge on any atom is 0.191 e. The first kappa shape index (κ1) is 72.0. The van der Waals surface area contributed by atoms with Crippen molar-refractivity contribution < 1.29 is 142 Å². The number of hydrogen-bond acceptors (Lipinski definition) is 40. The van der Waals surface area contributed by atoms with E-state index < -0.39 is 261 Å². The lowest BCUT2D eigenvalue weighted by Crippen LogP contribution is -2.33. The lowest BCUT2D eigenvalue weighted by atomic mass is 10.1. The van der Waals surface area contributed by atoms with Gasteiger partial charge in [-0.25, -0.2) is 76.2 Å². The molecule has 8 aliphatic carbocycles.